The maximum absolute atomic E-state index is 11.7. The molecule has 0 aromatic carbocycles. The molecule has 0 aliphatic heterocycles. The minimum atomic E-state index is -1.20. The maximum Gasteiger partial charge on any atom is 0.328 e. The van der Waals surface area contributed by atoms with E-state index in [0.717, 1.165) is 0 Å². The van der Waals surface area contributed by atoms with E-state index >= 15 is 0 Å². The van der Waals surface area contributed by atoms with Gasteiger partial charge in [-0.2, -0.15) is 0 Å². The number of hydrogen-bond donors (Lipinski definition) is 4. The number of carbonyl (C=O) groups is 1. The molecule has 110 valence electrons. The molecular weight excluding hydrogens is 266 g/mol. The number of amides is 1. The average molecular weight is 283 g/mol. The molecule has 2 rings (SSSR count). The first kappa shape index (κ1) is 14.5. The molecule has 1 aliphatic rings. The van der Waals surface area contributed by atoms with Crippen LogP contribution in [0.5, 0.6) is 0 Å². The molecule has 1 saturated carbocycles. The molecular formula is C12H17N3O5. The zero-order valence-corrected chi connectivity index (χ0v) is 10.9. The summed E-state index contributed by atoms with van der Waals surface area (Å²) in [6, 6.07) is -0.00277. The van der Waals surface area contributed by atoms with E-state index in [1.165, 1.54) is 23.8 Å². The van der Waals surface area contributed by atoms with Crippen molar-refractivity contribution in [3.05, 3.63) is 33.1 Å². The van der Waals surface area contributed by atoms with Crippen LogP contribution in [0, 0.1) is 0 Å². The van der Waals surface area contributed by atoms with Crippen LogP contribution >= 0.6 is 0 Å². The van der Waals surface area contributed by atoms with Crippen molar-refractivity contribution in [1.82, 2.24) is 14.9 Å². The number of rotatable bonds is 2. The molecule has 0 bridgehead atoms. The van der Waals surface area contributed by atoms with E-state index in [4.69, 9.17) is 0 Å². The molecule has 8 heteroatoms. The number of aliphatic hydroxyl groups is 2. The van der Waals surface area contributed by atoms with Gasteiger partial charge in [-0.1, -0.05) is 0 Å². The Hall–Kier alpha value is -1.93. The lowest BCUT2D eigenvalue weighted by Crippen LogP contribution is -2.55. The predicted octanol–water partition coefficient (Wildman–Crippen LogP) is -1.90. The lowest BCUT2D eigenvalue weighted by molar-refractivity contribution is -0.123. The molecule has 4 N–H and O–H groups in total. The van der Waals surface area contributed by atoms with Crippen molar-refractivity contribution in [2.75, 3.05) is 0 Å². The van der Waals surface area contributed by atoms with Gasteiger partial charge in [0.15, 0.2) is 0 Å². The number of aliphatic hydroxyl groups excluding tert-OH is 2. The summed E-state index contributed by atoms with van der Waals surface area (Å²) in [4.78, 5) is 35.8. The Labute approximate surface area is 114 Å². The second kappa shape index (κ2) is 5.59. The van der Waals surface area contributed by atoms with Gasteiger partial charge in [0.1, 0.15) is 12.2 Å². The summed E-state index contributed by atoms with van der Waals surface area (Å²) in [5.41, 5.74) is -1.15. The number of aromatic nitrogens is 2. The first-order valence-electron chi connectivity index (χ1n) is 6.35. The molecule has 1 aromatic heterocycles. The number of H-pyrrole nitrogens is 1. The standard InChI is InChI=1S/C12H17N3O5/c1-6(16)13-7-2-3-8(11(19)10(7)18)15-5-4-9(17)14-12(15)20/h4-5,7-8,10-11,18-19H,2-3H2,1H3,(H,13,16)(H,14,17,20)/t7-,8-,10-,11+/m1/s1. The lowest BCUT2D eigenvalue weighted by atomic mass is 9.85. The number of nitrogens with one attached hydrogen (secondary N) is 2. The van der Waals surface area contributed by atoms with Crippen LogP contribution in [0.2, 0.25) is 0 Å². The molecule has 8 nitrogen and oxygen atoms in total. The van der Waals surface area contributed by atoms with Gasteiger partial charge in [-0.05, 0) is 12.8 Å². The summed E-state index contributed by atoms with van der Waals surface area (Å²) >= 11 is 0. The van der Waals surface area contributed by atoms with Gasteiger partial charge in [-0.25, -0.2) is 4.79 Å². The Morgan fingerprint density at radius 2 is 2.05 bits per heavy atom. The SMILES string of the molecule is CC(=O)N[C@@H]1CC[C@@H](n2ccc(=O)[nH]c2=O)[C@H](O)[C@@H]1O. The molecule has 1 fully saturated rings. The summed E-state index contributed by atoms with van der Waals surface area (Å²) < 4.78 is 1.19. The number of aromatic amines is 1. The van der Waals surface area contributed by atoms with Gasteiger partial charge in [0.2, 0.25) is 5.91 Å². The fourth-order valence-corrected chi connectivity index (χ4v) is 2.57. The molecule has 0 spiro atoms. The van der Waals surface area contributed by atoms with Crippen LogP contribution in [0.15, 0.2) is 21.9 Å². The van der Waals surface area contributed by atoms with Crippen LogP contribution in [0.4, 0.5) is 0 Å². The highest BCUT2D eigenvalue weighted by molar-refractivity contribution is 5.73. The average Bonchev–Trinajstić information content (AvgIpc) is 2.36. The molecule has 20 heavy (non-hydrogen) atoms. The summed E-state index contributed by atoms with van der Waals surface area (Å²) in [7, 11) is 0. The maximum atomic E-state index is 11.7. The van der Waals surface area contributed by atoms with Crippen LogP contribution in [-0.4, -0.2) is 43.9 Å². The van der Waals surface area contributed by atoms with Crippen LogP contribution in [-0.2, 0) is 4.79 Å². The summed E-state index contributed by atoms with van der Waals surface area (Å²) in [6.07, 6.45) is -0.260. The fourth-order valence-electron chi connectivity index (χ4n) is 2.57. The van der Waals surface area contributed by atoms with Crippen molar-refractivity contribution in [2.45, 2.75) is 44.1 Å². The van der Waals surface area contributed by atoms with Gasteiger partial charge >= 0.3 is 5.69 Å². The van der Waals surface area contributed by atoms with Crippen molar-refractivity contribution in [3.8, 4) is 0 Å². The Bertz CT molecular complexity index is 608. The third kappa shape index (κ3) is 2.81. The van der Waals surface area contributed by atoms with E-state index in [2.05, 4.69) is 10.3 Å². The predicted molar refractivity (Wildman–Crippen MR) is 69.2 cm³/mol. The monoisotopic (exact) mass is 283 g/mol. The highest BCUT2D eigenvalue weighted by Gasteiger charge is 2.38. The van der Waals surface area contributed by atoms with Gasteiger partial charge in [-0.15, -0.1) is 0 Å². The van der Waals surface area contributed by atoms with Crippen molar-refractivity contribution < 1.29 is 15.0 Å². The van der Waals surface area contributed by atoms with E-state index in [-0.39, 0.29) is 5.91 Å². The molecule has 1 aromatic rings. The van der Waals surface area contributed by atoms with Crippen LogP contribution in [0.1, 0.15) is 25.8 Å². The second-order valence-electron chi connectivity index (χ2n) is 4.95. The molecule has 1 aliphatic carbocycles. The van der Waals surface area contributed by atoms with E-state index in [1.54, 1.807) is 0 Å². The first-order valence-corrected chi connectivity index (χ1v) is 6.35. The second-order valence-corrected chi connectivity index (χ2v) is 4.95. The van der Waals surface area contributed by atoms with E-state index < -0.39 is 35.5 Å². The van der Waals surface area contributed by atoms with Crippen molar-refractivity contribution in [3.63, 3.8) is 0 Å². The lowest BCUT2D eigenvalue weighted by Gasteiger charge is -2.38. The summed E-state index contributed by atoms with van der Waals surface area (Å²) in [6.45, 7) is 1.33. The van der Waals surface area contributed by atoms with Crippen LogP contribution in [0.3, 0.4) is 0 Å². The van der Waals surface area contributed by atoms with Crippen molar-refractivity contribution in [2.24, 2.45) is 0 Å². The van der Waals surface area contributed by atoms with Gasteiger partial charge in [-0.3, -0.25) is 19.1 Å². The molecule has 0 unspecified atom stereocenters. The number of hydrogen-bond acceptors (Lipinski definition) is 5. The Morgan fingerprint density at radius 1 is 1.35 bits per heavy atom. The Morgan fingerprint density at radius 3 is 2.65 bits per heavy atom. The van der Waals surface area contributed by atoms with Crippen LogP contribution in [0.25, 0.3) is 0 Å². The van der Waals surface area contributed by atoms with E-state index in [0.29, 0.717) is 12.8 Å². The largest absolute Gasteiger partial charge is 0.388 e. The number of carbonyl (C=O) groups excluding carboxylic acids is 1. The molecule has 0 radical (unpaired) electrons. The third-order valence-electron chi connectivity index (χ3n) is 3.53. The number of nitrogens with zero attached hydrogens (tertiary/aromatic N) is 1. The van der Waals surface area contributed by atoms with Crippen molar-refractivity contribution >= 4 is 5.91 Å². The minimum Gasteiger partial charge on any atom is -0.388 e. The zero-order valence-electron chi connectivity index (χ0n) is 10.9. The summed E-state index contributed by atoms with van der Waals surface area (Å²) in [5.74, 6) is -0.291. The highest BCUT2D eigenvalue weighted by atomic mass is 16.3. The molecule has 1 heterocycles. The quantitative estimate of drug-likeness (QED) is 0.504. The van der Waals surface area contributed by atoms with Crippen LogP contribution < -0.4 is 16.6 Å². The smallest absolute Gasteiger partial charge is 0.328 e. The van der Waals surface area contributed by atoms with Gasteiger partial charge in [0, 0.05) is 19.2 Å². The normalized spacial score (nSPS) is 29.9. The Kier molecular flexibility index (Phi) is 4.05. The first-order chi connectivity index (χ1) is 9.40. The zero-order chi connectivity index (χ0) is 14.9. The van der Waals surface area contributed by atoms with Gasteiger partial charge < -0.3 is 15.5 Å². The topological polar surface area (TPSA) is 124 Å². The summed E-state index contributed by atoms with van der Waals surface area (Å²) in [5, 5.41) is 22.7. The molecule has 4 atom stereocenters. The van der Waals surface area contributed by atoms with Gasteiger partial charge in [0.25, 0.3) is 5.56 Å². The molecule has 0 saturated heterocycles. The fraction of sp³-hybridized carbons (Fsp3) is 0.583. The van der Waals surface area contributed by atoms with Gasteiger partial charge in [0.05, 0.1) is 12.1 Å². The minimum absolute atomic E-state index is 0.291. The van der Waals surface area contributed by atoms with E-state index in [1.807, 2.05) is 0 Å². The Balaban J connectivity index is 2.22. The molecule has 1 amide bonds. The highest BCUT2D eigenvalue weighted by Crippen LogP contribution is 2.28. The van der Waals surface area contributed by atoms with E-state index in [9.17, 15) is 24.6 Å². The third-order valence-corrected chi connectivity index (χ3v) is 3.53. The van der Waals surface area contributed by atoms with Crippen molar-refractivity contribution in [1.29, 1.82) is 0 Å².